The smallest absolute Gasteiger partial charge is 0.127 e. The van der Waals surface area contributed by atoms with Crippen LogP contribution in [0.25, 0.3) is 0 Å². The van der Waals surface area contributed by atoms with Gasteiger partial charge in [0.15, 0.2) is 0 Å². The molecule has 0 saturated heterocycles. The highest BCUT2D eigenvalue weighted by molar-refractivity contribution is 9.10. The Labute approximate surface area is 101 Å². The standard InChI is InChI=1S/C10H10BrN3S/c1-7-6-15-10(13-7)5-12-9-4-2-3-8(11)14-9/h2-4,6H,5H2,1H3,(H,12,14). The van der Waals surface area contributed by atoms with Gasteiger partial charge in [-0.05, 0) is 35.0 Å². The van der Waals surface area contributed by atoms with Gasteiger partial charge < -0.3 is 5.32 Å². The molecule has 2 heterocycles. The number of thiazole rings is 1. The van der Waals surface area contributed by atoms with Crippen molar-refractivity contribution in [1.82, 2.24) is 9.97 Å². The molecule has 2 aromatic rings. The minimum atomic E-state index is 0.724. The largest absolute Gasteiger partial charge is 0.364 e. The molecule has 0 bridgehead atoms. The number of pyridine rings is 1. The predicted octanol–water partition coefficient (Wildman–Crippen LogP) is 3.22. The van der Waals surface area contributed by atoms with Crippen LogP contribution in [-0.4, -0.2) is 9.97 Å². The van der Waals surface area contributed by atoms with Crippen molar-refractivity contribution >= 4 is 33.1 Å². The van der Waals surface area contributed by atoms with Crippen molar-refractivity contribution in [3.05, 3.63) is 38.9 Å². The first-order valence-electron chi connectivity index (χ1n) is 4.51. The van der Waals surface area contributed by atoms with Crippen LogP contribution < -0.4 is 5.32 Å². The molecule has 0 unspecified atom stereocenters. The monoisotopic (exact) mass is 283 g/mol. The molecular formula is C10H10BrN3S. The third-order valence-corrected chi connectivity index (χ3v) is 3.21. The first kappa shape index (κ1) is 10.6. The molecule has 0 atom stereocenters. The Kier molecular flexibility index (Phi) is 3.33. The lowest BCUT2D eigenvalue weighted by Crippen LogP contribution is -2.00. The fraction of sp³-hybridized carbons (Fsp3) is 0.200. The molecule has 2 aromatic heterocycles. The highest BCUT2D eigenvalue weighted by Crippen LogP contribution is 2.13. The van der Waals surface area contributed by atoms with Crippen molar-refractivity contribution in [3.8, 4) is 0 Å². The zero-order valence-electron chi connectivity index (χ0n) is 8.20. The van der Waals surface area contributed by atoms with Gasteiger partial charge in [0, 0.05) is 11.1 Å². The molecule has 0 radical (unpaired) electrons. The summed E-state index contributed by atoms with van der Waals surface area (Å²) in [6.45, 7) is 2.72. The predicted molar refractivity (Wildman–Crippen MR) is 66.1 cm³/mol. The second-order valence-electron chi connectivity index (χ2n) is 3.08. The molecule has 0 aliphatic rings. The molecule has 2 rings (SSSR count). The molecule has 3 nitrogen and oxygen atoms in total. The van der Waals surface area contributed by atoms with Gasteiger partial charge in [0.2, 0.25) is 0 Å². The summed E-state index contributed by atoms with van der Waals surface area (Å²) in [5.41, 5.74) is 1.07. The first-order valence-corrected chi connectivity index (χ1v) is 6.19. The maximum atomic E-state index is 4.36. The maximum Gasteiger partial charge on any atom is 0.127 e. The number of hydrogen-bond donors (Lipinski definition) is 1. The van der Waals surface area contributed by atoms with Crippen LogP contribution in [-0.2, 0) is 6.54 Å². The van der Waals surface area contributed by atoms with Gasteiger partial charge in [-0.25, -0.2) is 9.97 Å². The summed E-state index contributed by atoms with van der Waals surface area (Å²) in [7, 11) is 0. The van der Waals surface area contributed by atoms with Gasteiger partial charge in [0.05, 0.1) is 6.54 Å². The van der Waals surface area contributed by atoms with Gasteiger partial charge in [-0.2, -0.15) is 0 Å². The maximum absolute atomic E-state index is 4.36. The number of aryl methyl sites for hydroxylation is 1. The number of nitrogens with one attached hydrogen (secondary N) is 1. The van der Waals surface area contributed by atoms with Crippen LogP contribution in [0.1, 0.15) is 10.7 Å². The van der Waals surface area contributed by atoms with Gasteiger partial charge in [-0.1, -0.05) is 6.07 Å². The van der Waals surface area contributed by atoms with E-state index in [1.165, 1.54) is 0 Å². The summed E-state index contributed by atoms with van der Waals surface area (Å²) in [4.78, 5) is 8.64. The molecule has 0 aliphatic heterocycles. The molecule has 15 heavy (non-hydrogen) atoms. The van der Waals surface area contributed by atoms with Crippen molar-refractivity contribution < 1.29 is 0 Å². The topological polar surface area (TPSA) is 37.8 Å². The van der Waals surface area contributed by atoms with Crippen LogP contribution in [0.4, 0.5) is 5.82 Å². The van der Waals surface area contributed by atoms with Gasteiger partial charge in [0.1, 0.15) is 15.4 Å². The Hall–Kier alpha value is -0.940. The molecule has 0 aliphatic carbocycles. The van der Waals surface area contributed by atoms with Crippen molar-refractivity contribution in [1.29, 1.82) is 0 Å². The van der Waals surface area contributed by atoms with Gasteiger partial charge in [-0.3, -0.25) is 0 Å². The Morgan fingerprint density at radius 3 is 2.93 bits per heavy atom. The molecule has 78 valence electrons. The van der Waals surface area contributed by atoms with Gasteiger partial charge >= 0.3 is 0 Å². The number of hydrogen-bond acceptors (Lipinski definition) is 4. The third-order valence-electron chi connectivity index (χ3n) is 1.80. The van der Waals surface area contributed by atoms with Crippen LogP contribution >= 0.6 is 27.3 Å². The normalized spacial score (nSPS) is 10.3. The van der Waals surface area contributed by atoms with Crippen LogP contribution in [0.2, 0.25) is 0 Å². The number of anilines is 1. The van der Waals surface area contributed by atoms with Gasteiger partial charge in [0.25, 0.3) is 0 Å². The lowest BCUT2D eigenvalue weighted by molar-refractivity contribution is 1.05. The quantitative estimate of drug-likeness (QED) is 0.879. The highest BCUT2D eigenvalue weighted by Gasteiger charge is 1.99. The highest BCUT2D eigenvalue weighted by atomic mass is 79.9. The number of nitrogens with zero attached hydrogens (tertiary/aromatic N) is 2. The van der Waals surface area contributed by atoms with Crippen molar-refractivity contribution in [2.75, 3.05) is 5.32 Å². The lowest BCUT2D eigenvalue weighted by Gasteiger charge is -2.02. The van der Waals surface area contributed by atoms with Crippen molar-refractivity contribution in [2.45, 2.75) is 13.5 Å². The number of aromatic nitrogens is 2. The Balaban J connectivity index is 1.99. The van der Waals surface area contributed by atoms with E-state index in [1.807, 2.05) is 30.5 Å². The van der Waals surface area contributed by atoms with Gasteiger partial charge in [-0.15, -0.1) is 11.3 Å². The van der Waals surface area contributed by atoms with E-state index in [4.69, 9.17) is 0 Å². The summed E-state index contributed by atoms with van der Waals surface area (Å²) in [5.74, 6) is 0.859. The van der Waals surface area contributed by atoms with Crippen LogP contribution in [0, 0.1) is 6.92 Å². The number of rotatable bonds is 3. The molecule has 1 N–H and O–H groups in total. The average molecular weight is 284 g/mol. The van der Waals surface area contributed by atoms with Crippen molar-refractivity contribution in [3.63, 3.8) is 0 Å². The third kappa shape index (κ3) is 3.00. The van der Waals surface area contributed by atoms with E-state index in [2.05, 4.69) is 31.2 Å². The Morgan fingerprint density at radius 1 is 1.40 bits per heavy atom. The molecule has 0 fully saturated rings. The zero-order valence-corrected chi connectivity index (χ0v) is 10.6. The molecule has 0 saturated carbocycles. The molecule has 0 amide bonds. The summed E-state index contributed by atoms with van der Waals surface area (Å²) in [6.07, 6.45) is 0. The molecule has 5 heteroatoms. The summed E-state index contributed by atoms with van der Waals surface area (Å²) in [6, 6.07) is 5.79. The summed E-state index contributed by atoms with van der Waals surface area (Å²) < 4.78 is 0.836. The average Bonchev–Trinajstić information content (AvgIpc) is 2.62. The number of halogens is 1. The van der Waals surface area contributed by atoms with Crippen LogP contribution in [0.3, 0.4) is 0 Å². The first-order chi connectivity index (χ1) is 7.24. The van der Waals surface area contributed by atoms with E-state index in [9.17, 15) is 0 Å². The Morgan fingerprint density at radius 2 is 2.27 bits per heavy atom. The fourth-order valence-electron chi connectivity index (χ4n) is 1.16. The lowest BCUT2D eigenvalue weighted by atomic mass is 10.4. The SMILES string of the molecule is Cc1csc(CNc2cccc(Br)n2)n1. The van der Waals surface area contributed by atoms with E-state index < -0.39 is 0 Å². The van der Waals surface area contributed by atoms with E-state index in [1.54, 1.807) is 11.3 Å². The van der Waals surface area contributed by atoms with Crippen LogP contribution in [0.5, 0.6) is 0 Å². The zero-order chi connectivity index (χ0) is 10.7. The van der Waals surface area contributed by atoms with E-state index in [0.29, 0.717) is 0 Å². The second kappa shape index (κ2) is 4.72. The summed E-state index contributed by atoms with van der Waals surface area (Å²) >= 11 is 4.99. The van der Waals surface area contributed by atoms with E-state index >= 15 is 0 Å². The fourth-order valence-corrected chi connectivity index (χ4v) is 2.21. The van der Waals surface area contributed by atoms with Crippen molar-refractivity contribution in [2.24, 2.45) is 0 Å². The minimum Gasteiger partial charge on any atom is -0.364 e. The second-order valence-corrected chi connectivity index (χ2v) is 4.84. The van der Waals surface area contributed by atoms with Crippen LogP contribution in [0.15, 0.2) is 28.2 Å². The molecular weight excluding hydrogens is 274 g/mol. The Bertz CT molecular complexity index is 455. The molecule has 0 aromatic carbocycles. The molecule has 0 spiro atoms. The van der Waals surface area contributed by atoms with E-state index in [0.717, 1.165) is 27.7 Å². The summed E-state index contributed by atoms with van der Waals surface area (Å²) in [5, 5.41) is 6.35. The van der Waals surface area contributed by atoms with E-state index in [-0.39, 0.29) is 0 Å². The minimum absolute atomic E-state index is 0.724.